The van der Waals surface area contributed by atoms with Crippen molar-refractivity contribution in [2.75, 3.05) is 6.54 Å². The highest BCUT2D eigenvalue weighted by Crippen LogP contribution is 2.31. The first-order valence-corrected chi connectivity index (χ1v) is 9.59. The Morgan fingerprint density at radius 3 is 2.78 bits per heavy atom. The number of hydrogen-bond acceptors (Lipinski definition) is 3. The van der Waals surface area contributed by atoms with E-state index in [2.05, 4.69) is 22.2 Å². The molecule has 1 N–H and O–H groups in total. The summed E-state index contributed by atoms with van der Waals surface area (Å²) in [6, 6.07) is 8.92. The van der Waals surface area contributed by atoms with Crippen LogP contribution in [0.2, 0.25) is 10.0 Å². The van der Waals surface area contributed by atoms with Crippen LogP contribution < -0.4 is 5.32 Å². The molecule has 0 radical (unpaired) electrons. The molecule has 0 spiro atoms. The average Bonchev–Trinajstić information content (AvgIpc) is 3.11. The average molecular weight is 403 g/mol. The van der Waals surface area contributed by atoms with E-state index in [1.165, 1.54) is 0 Å². The maximum Gasteiger partial charge on any atom is 0.271 e. The summed E-state index contributed by atoms with van der Waals surface area (Å²) in [5.41, 5.74) is 1.81. The predicted octanol–water partition coefficient (Wildman–Crippen LogP) is 5.16. The number of hydrogen-bond donors (Lipinski definition) is 1. The van der Waals surface area contributed by atoms with Gasteiger partial charge in [-0.1, -0.05) is 43.0 Å². The van der Waals surface area contributed by atoms with Gasteiger partial charge >= 0.3 is 0 Å². The molecule has 0 aliphatic rings. The van der Waals surface area contributed by atoms with Gasteiger partial charge in [-0.25, -0.2) is 4.98 Å². The molecule has 3 rings (SSSR count). The Morgan fingerprint density at radius 1 is 1.22 bits per heavy atom. The van der Waals surface area contributed by atoms with Crippen molar-refractivity contribution in [3.8, 4) is 17.1 Å². The molecule has 1 aromatic carbocycles. The number of carbonyl (C=O) groups is 1. The van der Waals surface area contributed by atoms with Gasteiger partial charge < -0.3 is 5.32 Å². The molecule has 0 saturated heterocycles. The molecule has 3 aromatic rings. The molecule has 0 saturated carbocycles. The summed E-state index contributed by atoms with van der Waals surface area (Å²) in [4.78, 5) is 21.2. The normalized spacial score (nSPS) is 10.8. The minimum atomic E-state index is -0.208. The number of nitrogens with zero attached hydrogens (tertiary/aromatic N) is 3. The summed E-state index contributed by atoms with van der Waals surface area (Å²) >= 11 is 12.4. The molecule has 27 heavy (non-hydrogen) atoms. The van der Waals surface area contributed by atoms with Crippen LogP contribution in [-0.2, 0) is 0 Å². The lowest BCUT2D eigenvalue weighted by Gasteiger charge is -2.08. The number of benzene rings is 1. The van der Waals surface area contributed by atoms with E-state index in [0.29, 0.717) is 33.7 Å². The highest BCUT2D eigenvalue weighted by Gasteiger charge is 2.18. The third kappa shape index (κ3) is 4.67. The number of carbonyl (C=O) groups excluding carboxylic acids is 1. The van der Waals surface area contributed by atoms with Gasteiger partial charge in [0, 0.05) is 29.5 Å². The first kappa shape index (κ1) is 19.4. The highest BCUT2D eigenvalue weighted by atomic mass is 35.5. The van der Waals surface area contributed by atoms with Crippen LogP contribution in [0.3, 0.4) is 0 Å². The monoisotopic (exact) mass is 402 g/mol. The van der Waals surface area contributed by atoms with Gasteiger partial charge in [-0.05, 0) is 36.8 Å². The molecule has 7 heteroatoms. The number of rotatable bonds is 7. The van der Waals surface area contributed by atoms with E-state index >= 15 is 0 Å². The Labute approximate surface area is 168 Å². The van der Waals surface area contributed by atoms with Gasteiger partial charge in [0.1, 0.15) is 11.5 Å². The molecule has 0 unspecified atom stereocenters. The number of halogens is 2. The van der Waals surface area contributed by atoms with Gasteiger partial charge in [-0.3, -0.25) is 14.3 Å². The predicted molar refractivity (Wildman–Crippen MR) is 109 cm³/mol. The lowest BCUT2D eigenvalue weighted by atomic mass is 10.2. The molecule has 0 fully saturated rings. The van der Waals surface area contributed by atoms with Crippen molar-refractivity contribution < 1.29 is 4.79 Å². The second-order valence-corrected chi connectivity index (χ2v) is 6.96. The van der Waals surface area contributed by atoms with Crippen LogP contribution in [0.1, 0.15) is 36.7 Å². The summed E-state index contributed by atoms with van der Waals surface area (Å²) in [7, 11) is 0. The van der Waals surface area contributed by atoms with Gasteiger partial charge in [0.25, 0.3) is 5.91 Å². The maximum atomic E-state index is 12.5. The van der Waals surface area contributed by atoms with Crippen molar-refractivity contribution in [2.24, 2.45) is 0 Å². The number of unbranched alkanes of at least 4 members (excludes halogenated alkanes) is 2. The SMILES string of the molecule is CCCCCNC(=O)c1cn(-c2cccnc2)c(-c2ccc(Cl)cc2Cl)n1. The lowest BCUT2D eigenvalue weighted by Crippen LogP contribution is -2.24. The van der Waals surface area contributed by atoms with Crippen molar-refractivity contribution in [1.29, 1.82) is 0 Å². The molecule has 5 nitrogen and oxygen atoms in total. The Balaban J connectivity index is 1.98. The van der Waals surface area contributed by atoms with Gasteiger partial charge in [-0.2, -0.15) is 0 Å². The largest absolute Gasteiger partial charge is 0.351 e. The van der Waals surface area contributed by atoms with Crippen molar-refractivity contribution in [1.82, 2.24) is 19.9 Å². The fourth-order valence-corrected chi connectivity index (χ4v) is 3.20. The maximum absolute atomic E-state index is 12.5. The van der Waals surface area contributed by atoms with Crippen LogP contribution >= 0.6 is 23.2 Å². The first-order chi connectivity index (χ1) is 13.1. The molecule has 0 aliphatic heterocycles. The van der Waals surface area contributed by atoms with Crippen molar-refractivity contribution >= 4 is 29.1 Å². The van der Waals surface area contributed by atoms with Crippen molar-refractivity contribution in [2.45, 2.75) is 26.2 Å². The third-order valence-corrected chi connectivity index (χ3v) is 4.65. The number of pyridine rings is 1. The lowest BCUT2D eigenvalue weighted by molar-refractivity contribution is 0.0948. The number of imidazole rings is 1. The minimum absolute atomic E-state index is 0.208. The van der Waals surface area contributed by atoms with Crippen LogP contribution in [0.4, 0.5) is 0 Å². The van der Waals surface area contributed by atoms with Gasteiger partial charge in [-0.15, -0.1) is 0 Å². The van der Waals surface area contributed by atoms with Crippen LogP contribution in [0.25, 0.3) is 17.1 Å². The molecule has 0 bridgehead atoms. The molecule has 0 atom stereocenters. The van der Waals surface area contributed by atoms with Crippen molar-refractivity contribution in [3.63, 3.8) is 0 Å². The number of amides is 1. The third-order valence-electron chi connectivity index (χ3n) is 4.10. The number of nitrogens with one attached hydrogen (secondary N) is 1. The van der Waals surface area contributed by atoms with Crippen LogP contribution in [0.15, 0.2) is 48.9 Å². The van der Waals surface area contributed by atoms with Crippen LogP contribution in [0.5, 0.6) is 0 Å². The summed E-state index contributed by atoms with van der Waals surface area (Å²) in [5, 5.41) is 3.92. The summed E-state index contributed by atoms with van der Waals surface area (Å²) in [5.74, 6) is 0.350. The van der Waals surface area contributed by atoms with Crippen LogP contribution in [-0.4, -0.2) is 27.0 Å². The fourth-order valence-electron chi connectivity index (χ4n) is 2.71. The Hall–Kier alpha value is -2.37. The van der Waals surface area contributed by atoms with Crippen molar-refractivity contribution in [3.05, 3.63) is 64.7 Å². The molecular formula is C20H20Cl2N4O. The molecule has 2 heterocycles. The summed E-state index contributed by atoms with van der Waals surface area (Å²) in [6.07, 6.45) is 8.23. The molecule has 140 valence electrons. The Kier molecular flexibility index (Phi) is 6.48. The summed E-state index contributed by atoms with van der Waals surface area (Å²) < 4.78 is 1.81. The second kappa shape index (κ2) is 9.02. The van der Waals surface area contributed by atoms with Gasteiger partial charge in [0.2, 0.25) is 0 Å². The first-order valence-electron chi connectivity index (χ1n) is 8.83. The Morgan fingerprint density at radius 2 is 2.07 bits per heavy atom. The molecular weight excluding hydrogens is 383 g/mol. The van der Waals surface area contributed by atoms with E-state index in [-0.39, 0.29) is 5.91 Å². The molecule has 2 aromatic heterocycles. The smallest absolute Gasteiger partial charge is 0.271 e. The quantitative estimate of drug-likeness (QED) is 0.555. The number of aromatic nitrogens is 3. The zero-order chi connectivity index (χ0) is 19.2. The zero-order valence-corrected chi connectivity index (χ0v) is 16.5. The summed E-state index contributed by atoms with van der Waals surface area (Å²) in [6.45, 7) is 2.75. The molecule has 0 aliphatic carbocycles. The van der Waals surface area contributed by atoms with E-state index in [0.717, 1.165) is 24.9 Å². The van der Waals surface area contributed by atoms with E-state index in [1.54, 1.807) is 36.8 Å². The van der Waals surface area contributed by atoms with E-state index < -0.39 is 0 Å². The van der Waals surface area contributed by atoms with Gasteiger partial charge in [0.15, 0.2) is 0 Å². The van der Waals surface area contributed by atoms with E-state index in [4.69, 9.17) is 23.2 Å². The van der Waals surface area contributed by atoms with Crippen LogP contribution in [0, 0.1) is 0 Å². The fraction of sp³-hybridized carbons (Fsp3) is 0.250. The van der Waals surface area contributed by atoms with E-state index in [9.17, 15) is 4.79 Å². The van der Waals surface area contributed by atoms with Gasteiger partial charge in [0.05, 0.1) is 16.9 Å². The topological polar surface area (TPSA) is 59.8 Å². The van der Waals surface area contributed by atoms with E-state index in [1.807, 2.05) is 16.7 Å². The second-order valence-electron chi connectivity index (χ2n) is 6.12. The standard InChI is InChI=1S/C20H20Cl2N4O/c1-2-3-4-10-24-20(27)18-13-26(15-6-5-9-23-12-15)19(25-18)16-8-7-14(21)11-17(16)22/h5-9,11-13H,2-4,10H2,1H3,(H,24,27). The zero-order valence-electron chi connectivity index (χ0n) is 15.0. The Bertz CT molecular complexity index is 925. The molecule has 1 amide bonds. The highest BCUT2D eigenvalue weighted by molar-refractivity contribution is 6.36. The minimum Gasteiger partial charge on any atom is -0.351 e.